The van der Waals surface area contributed by atoms with Crippen molar-refractivity contribution in [3.05, 3.63) is 91.9 Å². The van der Waals surface area contributed by atoms with E-state index in [0.717, 1.165) is 54.2 Å². The Hall–Kier alpha value is -4.69. The molecule has 1 spiro atoms. The Kier molecular flexibility index (Phi) is 9.64. The molecule has 2 fully saturated rings. The van der Waals surface area contributed by atoms with Crippen molar-refractivity contribution >= 4 is 51.4 Å². The molecule has 3 aliphatic rings. The number of methoxy groups -OCH3 is 1. The summed E-state index contributed by atoms with van der Waals surface area (Å²) in [6.45, 7) is 2.63. The molecule has 0 unspecified atom stereocenters. The highest BCUT2D eigenvalue weighted by Crippen LogP contribution is 2.43. The van der Waals surface area contributed by atoms with E-state index in [1.165, 1.54) is 18.8 Å². The van der Waals surface area contributed by atoms with Crippen LogP contribution in [0.3, 0.4) is 0 Å². The fourth-order valence-corrected chi connectivity index (χ4v) is 7.04. The SMILES string of the molecule is COc1nc(-c2cccc(-c3cccc(Nc4nc(C(F)F)cc5cnn(C)c(=O)c45)c3Cl)c2Cl)cc2c1CCC2.O=C1COC2(CNC2)CN1. The number of fused-ring (bicyclic) bond motifs is 2. The van der Waals surface area contributed by atoms with Gasteiger partial charge in [0.05, 0.1) is 40.1 Å². The molecule has 11 nitrogen and oxygen atoms in total. The summed E-state index contributed by atoms with van der Waals surface area (Å²) in [5.41, 5.74) is 4.32. The molecule has 8 rings (SSSR count). The van der Waals surface area contributed by atoms with Gasteiger partial charge in [-0.25, -0.2) is 23.4 Å². The molecule has 2 aliphatic heterocycles. The normalized spacial score (nSPS) is 15.9. The second-order valence-corrected chi connectivity index (χ2v) is 13.3. The van der Waals surface area contributed by atoms with E-state index in [1.807, 2.05) is 18.2 Å². The van der Waals surface area contributed by atoms with Gasteiger partial charge in [-0.3, -0.25) is 9.59 Å². The Labute approximate surface area is 301 Å². The van der Waals surface area contributed by atoms with Crippen LogP contribution in [0.4, 0.5) is 20.3 Å². The average Bonchev–Trinajstić information content (AvgIpc) is 3.59. The third kappa shape index (κ3) is 6.74. The number of amides is 1. The van der Waals surface area contributed by atoms with Crippen molar-refractivity contribution in [1.82, 2.24) is 30.4 Å². The van der Waals surface area contributed by atoms with Gasteiger partial charge in [-0.1, -0.05) is 53.5 Å². The first kappa shape index (κ1) is 34.7. The number of halogens is 4. The summed E-state index contributed by atoms with van der Waals surface area (Å²) >= 11 is 13.9. The largest absolute Gasteiger partial charge is 0.481 e. The van der Waals surface area contributed by atoms with Crippen LogP contribution in [0.15, 0.2) is 59.5 Å². The van der Waals surface area contributed by atoms with Crippen LogP contribution in [0.2, 0.25) is 10.0 Å². The van der Waals surface area contributed by atoms with Gasteiger partial charge in [0.2, 0.25) is 11.8 Å². The summed E-state index contributed by atoms with van der Waals surface area (Å²) in [5.74, 6) is 0.555. The topological polar surface area (TPSA) is 132 Å². The Morgan fingerprint density at radius 1 is 1.00 bits per heavy atom. The number of aryl methyl sites for hydroxylation is 2. The number of nitrogens with one attached hydrogen (secondary N) is 3. The smallest absolute Gasteiger partial charge is 0.280 e. The number of rotatable bonds is 6. The molecule has 5 heterocycles. The van der Waals surface area contributed by atoms with Crippen LogP contribution in [0, 0.1) is 0 Å². The molecule has 2 saturated heterocycles. The number of carbonyl (C=O) groups excluding carboxylic acids is 1. The number of morpholine rings is 1. The molecule has 2 aromatic carbocycles. The minimum absolute atomic E-state index is 0.00229. The fourth-order valence-electron chi connectivity index (χ4n) is 6.44. The second kappa shape index (κ2) is 14.1. The number of carbonyl (C=O) groups is 1. The van der Waals surface area contributed by atoms with Crippen LogP contribution in [-0.2, 0) is 29.4 Å². The Bertz CT molecular complexity index is 2220. The zero-order chi connectivity index (χ0) is 35.9. The lowest BCUT2D eigenvalue weighted by molar-refractivity contribution is -0.150. The molecule has 51 heavy (non-hydrogen) atoms. The van der Waals surface area contributed by atoms with Gasteiger partial charge in [-0.15, -0.1) is 0 Å². The molecule has 5 aromatic rings. The van der Waals surface area contributed by atoms with Crippen molar-refractivity contribution in [2.24, 2.45) is 7.05 Å². The van der Waals surface area contributed by atoms with E-state index >= 15 is 0 Å². The molecular weight excluding hydrogens is 703 g/mol. The van der Waals surface area contributed by atoms with E-state index in [9.17, 15) is 18.4 Å². The van der Waals surface area contributed by atoms with Crippen molar-refractivity contribution in [1.29, 1.82) is 0 Å². The maximum absolute atomic E-state index is 13.7. The first-order chi connectivity index (χ1) is 24.6. The van der Waals surface area contributed by atoms with E-state index in [2.05, 4.69) is 32.1 Å². The minimum atomic E-state index is -2.85. The second-order valence-electron chi connectivity index (χ2n) is 12.6. The van der Waals surface area contributed by atoms with Crippen molar-refractivity contribution in [2.45, 2.75) is 31.3 Å². The van der Waals surface area contributed by atoms with Gasteiger partial charge in [0, 0.05) is 54.3 Å². The lowest BCUT2D eigenvalue weighted by atomic mass is 9.96. The number of hydrogen-bond donors (Lipinski definition) is 3. The molecule has 0 saturated carbocycles. The number of pyridine rings is 2. The predicted molar refractivity (Wildman–Crippen MR) is 191 cm³/mol. The van der Waals surface area contributed by atoms with Gasteiger partial charge in [0.1, 0.15) is 23.7 Å². The third-order valence-electron chi connectivity index (χ3n) is 9.24. The van der Waals surface area contributed by atoms with Crippen LogP contribution < -0.4 is 26.2 Å². The molecule has 1 amide bonds. The molecule has 0 bridgehead atoms. The van der Waals surface area contributed by atoms with Gasteiger partial charge in [0.25, 0.3) is 12.0 Å². The highest BCUT2D eigenvalue weighted by atomic mass is 35.5. The summed E-state index contributed by atoms with van der Waals surface area (Å²) < 4.78 is 39.3. The van der Waals surface area contributed by atoms with Crippen molar-refractivity contribution < 1.29 is 23.0 Å². The summed E-state index contributed by atoms with van der Waals surface area (Å²) in [5, 5.41) is 13.9. The Morgan fingerprint density at radius 2 is 1.75 bits per heavy atom. The fraction of sp³-hybridized carbons (Fsp3) is 0.306. The molecule has 3 aromatic heterocycles. The average molecular weight is 737 g/mol. The van der Waals surface area contributed by atoms with Gasteiger partial charge in [0.15, 0.2) is 0 Å². The van der Waals surface area contributed by atoms with Crippen LogP contribution >= 0.6 is 23.2 Å². The molecule has 1 aliphatic carbocycles. The molecule has 15 heteroatoms. The van der Waals surface area contributed by atoms with Gasteiger partial charge < -0.3 is 25.4 Å². The van der Waals surface area contributed by atoms with Crippen LogP contribution in [-0.4, -0.2) is 64.6 Å². The maximum Gasteiger partial charge on any atom is 0.280 e. The van der Waals surface area contributed by atoms with E-state index in [1.54, 1.807) is 25.3 Å². The Morgan fingerprint density at radius 3 is 2.43 bits per heavy atom. The van der Waals surface area contributed by atoms with Gasteiger partial charge in [-0.2, -0.15) is 5.10 Å². The van der Waals surface area contributed by atoms with Gasteiger partial charge in [-0.05, 0) is 43.0 Å². The predicted octanol–water partition coefficient (Wildman–Crippen LogP) is 6.02. The highest BCUT2D eigenvalue weighted by Gasteiger charge is 2.41. The van der Waals surface area contributed by atoms with Crippen molar-refractivity contribution in [3.63, 3.8) is 0 Å². The quantitative estimate of drug-likeness (QED) is 0.192. The van der Waals surface area contributed by atoms with E-state index in [0.29, 0.717) is 40.0 Å². The zero-order valence-electron chi connectivity index (χ0n) is 27.7. The van der Waals surface area contributed by atoms with Crippen LogP contribution in [0.25, 0.3) is 33.2 Å². The lowest BCUT2D eigenvalue weighted by Gasteiger charge is -2.44. The van der Waals surface area contributed by atoms with Crippen molar-refractivity contribution in [2.75, 3.05) is 38.7 Å². The van der Waals surface area contributed by atoms with Crippen LogP contribution in [0.1, 0.15) is 29.7 Å². The number of alkyl halides is 2. The standard InChI is InChI=1S/C30H23Cl2F2N5O2.C6H10N2O2/c1-39-30(40)24-16(14-35-39)13-23(27(33)34)37-28(24)36-21-11-5-9-19(26(21)32)18-8-4-10-20(25(18)31)22-12-15-6-3-7-17(15)29(38-22)41-2;9-5-1-10-6(4-8-5)2-7-3-6/h4-5,8-14,27H,3,6-7H2,1-2H3,(H,36,37);7H,1-4H2,(H,8,9). The molecule has 0 atom stereocenters. The van der Waals surface area contributed by atoms with E-state index < -0.39 is 17.7 Å². The number of benzene rings is 2. The highest BCUT2D eigenvalue weighted by molar-refractivity contribution is 6.39. The number of anilines is 2. The first-order valence-electron chi connectivity index (χ1n) is 16.3. The Balaban J connectivity index is 0.000000347. The van der Waals surface area contributed by atoms with Crippen LogP contribution in [0.5, 0.6) is 5.88 Å². The monoisotopic (exact) mass is 735 g/mol. The summed E-state index contributed by atoms with van der Waals surface area (Å²) in [6.07, 6.45) is 1.43. The first-order valence-corrected chi connectivity index (χ1v) is 17.0. The molecule has 3 N–H and O–H groups in total. The third-order valence-corrected chi connectivity index (χ3v) is 10.1. The minimum Gasteiger partial charge on any atom is -0.481 e. The maximum atomic E-state index is 13.7. The van der Waals surface area contributed by atoms with E-state index in [-0.39, 0.29) is 39.7 Å². The summed E-state index contributed by atoms with van der Waals surface area (Å²) in [4.78, 5) is 32.3. The molecule has 0 radical (unpaired) electrons. The summed E-state index contributed by atoms with van der Waals surface area (Å²) in [6, 6.07) is 14.0. The molecule has 264 valence electrons. The number of hydrogen-bond acceptors (Lipinski definition) is 9. The number of nitrogens with zero attached hydrogens (tertiary/aromatic N) is 4. The number of aromatic nitrogens is 4. The summed E-state index contributed by atoms with van der Waals surface area (Å²) in [7, 11) is 3.09. The van der Waals surface area contributed by atoms with Crippen molar-refractivity contribution in [3.8, 4) is 28.3 Å². The van der Waals surface area contributed by atoms with E-state index in [4.69, 9.17) is 37.7 Å². The number of ether oxygens (including phenoxy) is 2. The van der Waals surface area contributed by atoms with Gasteiger partial charge >= 0.3 is 0 Å². The molecular formula is C36H33Cl2F2N7O4. The lowest BCUT2D eigenvalue weighted by Crippen LogP contribution is -2.69. The zero-order valence-corrected chi connectivity index (χ0v) is 29.2.